The molecular weight excluding hydrogens is 490 g/mol. The number of cyclic esters (lactones) is 1. The second-order valence-electron chi connectivity index (χ2n) is 10.4. The maximum atomic E-state index is 13.2. The molecule has 2 bridgehead atoms. The van der Waals surface area contributed by atoms with Crippen LogP contribution in [-0.2, 0) is 20.7 Å². The predicted molar refractivity (Wildman–Crippen MR) is 140 cm³/mol. The van der Waals surface area contributed by atoms with E-state index in [0.717, 1.165) is 5.57 Å². The minimum atomic E-state index is -0.947. The van der Waals surface area contributed by atoms with Crippen molar-refractivity contribution in [2.24, 2.45) is 11.8 Å². The van der Waals surface area contributed by atoms with Crippen molar-refractivity contribution < 1.29 is 33.8 Å². The Hall–Kier alpha value is -3.24. The molecule has 3 rings (SSSR count). The Morgan fingerprint density at radius 2 is 1.95 bits per heavy atom. The maximum Gasteiger partial charge on any atom is 0.329 e. The van der Waals surface area contributed by atoms with Gasteiger partial charge in [0, 0.05) is 25.4 Å². The summed E-state index contributed by atoms with van der Waals surface area (Å²) in [6.07, 6.45) is 8.37. The van der Waals surface area contributed by atoms with Gasteiger partial charge in [0.2, 0.25) is 5.91 Å². The van der Waals surface area contributed by atoms with Crippen LogP contribution in [0.15, 0.2) is 46.6 Å². The van der Waals surface area contributed by atoms with Crippen LogP contribution in [0.5, 0.6) is 0 Å². The Kier molecular flexibility index (Phi) is 10.4. The Morgan fingerprint density at radius 3 is 2.68 bits per heavy atom. The number of aromatic nitrogens is 1. The fraction of sp³-hybridized carbons (Fsp3) is 0.571. The highest BCUT2D eigenvalue weighted by atomic mass is 16.5. The molecule has 10 nitrogen and oxygen atoms in total. The summed E-state index contributed by atoms with van der Waals surface area (Å²) in [7, 11) is 0. The van der Waals surface area contributed by atoms with Crippen molar-refractivity contribution in [3.8, 4) is 0 Å². The molecule has 1 saturated heterocycles. The van der Waals surface area contributed by atoms with E-state index in [2.05, 4.69) is 10.3 Å². The first-order valence-electron chi connectivity index (χ1n) is 13.2. The van der Waals surface area contributed by atoms with Crippen molar-refractivity contribution >= 4 is 17.8 Å². The summed E-state index contributed by atoms with van der Waals surface area (Å²) < 4.78 is 11.3. The summed E-state index contributed by atoms with van der Waals surface area (Å²) in [5.74, 6) is -1.29. The van der Waals surface area contributed by atoms with E-state index in [1.165, 1.54) is 17.2 Å². The number of aliphatic hydroxyl groups is 2. The van der Waals surface area contributed by atoms with Gasteiger partial charge in [-0.25, -0.2) is 9.78 Å². The van der Waals surface area contributed by atoms with E-state index in [9.17, 15) is 24.6 Å². The number of nitrogens with zero attached hydrogens (tertiary/aromatic N) is 2. The molecule has 2 amide bonds. The molecule has 1 aromatic heterocycles. The number of oxazole rings is 1. The van der Waals surface area contributed by atoms with E-state index < -0.39 is 36.2 Å². The summed E-state index contributed by atoms with van der Waals surface area (Å²) >= 11 is 0. The van der Waals surface area contributed by atoms with Gasteiger partial charge in [-0.2, -0.15) is 0 Å². The lowest BCUT2D eigenvalue weighted by atomic mass is 9.94. The van der Waals surface area contributed by atoms with Gasteiger partial charge in [-0.15, -0.1) is 0 Å². The van der Waals surface area contributed by atoms with Crippen LogP contribution in [0, 0.1) is 11.8 Å². The number of hydrogen-bond acceptors (Lipinski definition) is 8. The lowest BCUT2D eigenvalue weighted by Gasteiger charge is -2.29. The molecule has 3 heterocycles. The van der Waals surface area contributed by atoms with Crippen molar-refractivity contribution in [3.63, 3.8) is 0 Å². The first-order chi connectivity index (χ1) is 18.0. The molecule has 10 heteroatoms. The topological polar surface area (TPSA) is 142 Å². The first kappa shape index (κ1) is 29.3. The van der Waals surface area contributed by atoms with Crippen LogP contribution in [-0.4, -0.2) is 75.3 Å². The third-order valence-corrected chi connectivity index (χ3v) is 6.69. The maximum absolute atomic E-state index is 13.2. The molecule has 0 aliphatic carbocycles. The van der Waals surface area contributed by atoms with E-state index >= 15 is 0 Å². The molecule has 0 spiro atoms. The van der Waals surface area contributed by atoms with Crippen LogP contribution >= 0.6 is 0 Å². The number of nitrogens with one attached hydrogen (secondary N) is 1. The summed E-state index contributed by atoms with van der Waals surface area (Å²) in [4.78, 5) is 44.3. The van der Waals surface area contributed by atoms with Gasteiger partial charge in [-0.3, -0.25) is 9.59 Å². The van der Waals surface area contributed by atoms with Crippen molar-refractivity contribution in [1.82, 2.24) is 15.2 Å². The quantitative estimate of drug-likeness (QED) is 0.471. The average molecular weight is 530 g/mol. The largest absolute Gasteiger partial charge is 0.460 e. The number of rotatable bonds is 1. The molecular formula is C28H39N3O7. The number of aliphatic hydroxyl groups excluding tert-OH is 2. The monoisotopic (exact) mass is 529 g/mol. The van der Waals surface area contributed by atoms with E-state index in [0.29, 0.717) is 25.9 Å². The van der Waals surface area contributed by atoms with Gasteiger partial charge in [-0.05, 0) is 31.8 Å². The number of carbonyl (C=O) groups excluding carboxylic acids is 3. The lowest BCUT2D eigenvalue weighted by Crippen LogP contribution is -2.44. The summed E-state index contributed by atoms with van der Waals surface area (Å²) in [6.45, 7) is 8.25. The van der Waals surface area contributed by atoms with Gasteiger partial charge in [0.1, 0.15) is 18.4 Å². The molecule has 1 aromatic rings. The zero-order chi connectivity index (χ0) is 27.8. The minimum absolute atomic E-state index is 0.0146. The Bertz CT molecular complexity index is 1070. The smallest absolute Gasteiger partial charge is 0.329 e. The highest BCUT2D eigenvalue weighted by molar-refractivity contribution is 5.95. The van der Waals surface area contributed by atoms with Crippen molar-refractivity contribution in [3.05, 3.63) is 53.8 Å². The molecule has 0 aromatic carbocycles. The lowest BCUT2D eigenvalue weighted by molar-refractivity contribution is -0.158. The SMILES string of the molecule is CC1=C\[C@@H](O)C[C@@H](O)Cc2nc(co2)C(=O)N2CCC[C@@H]2C(=O)O[C@H](C(C)C)[C@H](C)/C=C/C(=O)NC\C=C\1. The second-order valence-corrected chi connectivity index (χ2v) is 10.4. The molecule has 0 unspecified atom stereocenters. The fourth-order valence-electron chi connectivity index (χ4n) is 4.77. The number of hydrogen-bond donors (Lipinski definition) is 3. The normalized spacial score (nSPS) is 31.7. The first-order valence-corrected chi connectivity index (χ1v) is 13.2. The summed E-state index contributed by atoms with van der Waals surface area (Å²) in [6, 6.07) is -0.743. The Morgan fingerprint density at radius 1 is 1.18 bits per heavy atom. The third kappa shape index (κ3) is 8.13. The van der Waals surface area contributed by atoms with E-state index in [1.54, 1.807) is 24.3 Å². The average Bonchev–Trinajstić information content (AvgIpc) is 3.52. The number of amides is 2. The van der Waals surface area contributed by atoms with Crippen molar-refractivity contribution in [2.75, 3.05) is 13.1 Å². The zero-order valence-corrected chi connectivity index (χ0v) is 22.5. The Labute approximate surface area is 223 Å². The van der Waals surface area contributed by atoms with Gasteiger partial charge in [0.25, 0.3) is 5.91 Å². The molecule has 3 N–H and O–H groups in total. The van der Waals surface area contributed by atoms with Crippen LogP contribution in [0.4, 0.5) is 0 Å². The van der Waals surface area contributed by atoms with Crippen molar-refractivity contribution in [1.29, 1.82) is 0 Å². The number of ether oxygens (including phenoxy) is 1. The van der Waals surface area contributed by atoms with Gasteiger partial charge in [0.05, 0.1) is 18.6 Å². The van der Waals surface area contributed by atoms with E-state index in [4.69, 9.17) is 9.15 Å². The van der Waals surface area contributed by atoms with Gasteiger partial charge in [0.15, 0.2) is 11.6 Å². The number of allylic oxidation sites excluding steroid dienone is 2. The van der Waals surface area contributed by atoms with Crippen molar-refractivity contribution in [2.45, 2.75) is 77.7 Å². The molecule has 5 atom stereocenters. The molecule has 2 aliphatic heterocycles. The molecule has 2 aliphatic rings. The van der Waals surface area contributed by atoms with Crippen LogP contribution in [0.1, 0.15) is 63.3 Å². The summed E-state index contributed by atoms with van der Waals surface area (Å²) in [5.41, 5.74) is 0.821. The van der Waals surface area contributed by atoms with Crippen LogP contribution in [0.3, 0.4) is 0 Å². The fourth-order valence-corrected chi connectivity index (χ4v) is 4.77. The molecule has 0 saturated carbocycles. The van der Waals surface area contributed by atoms with Crippen LogP contribution < -0.4 is 5.32 Å². The standard InChI is InChI=1S/C28H39N3O7/c1-17(2)26-19(4)9-10-24(34)29-11-5-7-18(3)13-20(32)14-21(33)15-25-30-22(16-37-25)27(35)31-12-6-8-23(31)28(36)38-26/h5,7,9-10,13,16-17,19-21,23,26,32-33H,6,8,11-12,14-15H2,1-4H3,(H,29,34)/b7-5+,10-9+,18-13+/t19-,20-,21-,23-,26-/m1/s1. The van der Waals surface area contributed by atoms with Gasteiger partial charge in [-0.1, -0.05) is 50.6 Å². The van der Waals surface area contributed by atoms with Crippen LogP contribution in [0.2, 0.25) is 0 Å². The molecule has 0 radical (unpaired) electrons. The highest BCUT2D eigenvalue weighted by Gasteiger charge is 2.38. The molecule has 38 heavy (non-hydrogen) atoms. The minimum Gasteiger partial charge on any atom is -0.460 e. The second kappa shape index (κ2) is 13.5. The summed E-state index contributed by atoms with van der Waals surface area (Å²) in [5, 5.41) is 23.5. The number of esters is 1. The molecule has 1 fully saturated rings. The zero-order valence-electron chi connectivity index (χ0n) is 22.5. The van der Waals surface area contributed by atoms with Gasteiger partial charge < -0.3 is 29.6 Å². The Balaban J connectivity index is 1.85. The van der Waals surface area contributed by atoms with Crippen LogP contribution in [0.25, 0.3) is 0 Å². The van der Waals surface area contributed by atoms with Gasteiger partial charge >= 0.3 is 5.97 Å². The third-order valence-electron chi connectivity index (χ3n) is 6.69. The van der Waals surface area contributed by atoms with E-state index in [-0.39, 0.29) is 42.2 Å². The highest BCUT2D eigenvalue weighted by Crippen LogP contribution is 2.25. The predicted octanol–water partition coefficient (Wildman–Crippen LogP) is 2.33. The number of carbonyl (C=O) groups is 3. The van der Waals surface area contributed by atoms with E-state index in [1.807, 2.05) is 27.7 Å². The molecule has 208 valence electrons. The number of fused-ring (bicyclic) bond motifs is 3.